The lowest BCUT2D eigenvalue weighted by atomic mass is 10.2. The Morgan fingerprint density at radius 1 is 1.13 bits per heavy atom. The summed E-state index contributed by atoms with van der Waals surface area (Å²) in [4.78, 5) is 14.6. The average molecular weight is 424 g/mol. The molecule has 1 amide bonds. The van der Waals surface area contributed by atoms with E-state index in [-0.39, 0.29) is 5.91 Å². The van der Waals surface area contributed by atoms with Crippen molar-refractivity contribution < 1.29 is 4.79 Å². The van der Waals surface area contributed by atoms with E-state index >= 15 is 0 Å². The summed E-state index contributed by atoms with van der Waals surface area (Å²) in [5, 5.41) is 9.04. The molecule has 3 aromatic rings. The third kappa shape index (κ3) is 5.07. The molecule has 2 aromatic carbocycles. The molecule has 0 radical (unpaired) electrons. The highest BCUT2D eigenvalue weighted by molar-refractivity contribution is 6.32. The number of nitrogens with zero attached hydrogens (tertiary/aromatic N) is 4. The highest BCUT2D eigenvalue weighted by atomic mass is 35.5. The molecule has 0 atom stereocenters. The predicted molar refractivity (Wildman–Crippen MR) is 123 cm³/mol. The van der Waals surface area contributed by atoms with Crippen LogP contribution in [0.15, 0.2) is 59.7 Å². The van der Waals surface area contributed by atoms with Gasteiger partial charge in [-0.2, -0.15) is 10.2 Å². The number of aryl methyl sites for hydroxylation is 1. The number of hydrogen-bond donors (Lipinski definition) is 1. The van der Waals surface area contributed by atoms with Crippen LogP contribution in [0, 0.1) is 6.92 Å². The van der Waals surface area contributed by atoms with Crippen molar-refractivity contribution in [2.45, 2.75) is 27.3 Å². The van der Waals surface area contributed by atoms with Crippen molar-refractivity contribution in [3.63, 3.8) is 0 Å². The number of aromatic nitrogens is 2. The van der Waals surface area contributed by atoms with Crippen LogP contribution >= 0.6 is 11.6 Å². The molecule has 7 heteroatoms. The van der Waals surface area contributed by atoms with Crippen LogP contribution in [-0.2, 0) is 6.54 Å². The first-order valence-corrected chi connectivity index (χ1v) is 10.4. The van der Waals surface area contributed by atoms with E-state index in [4.69, 9.17) is 11.6 Å². The second-order valence-electron chi connectivity index (χ2n) is 6.85. The summed E-state index contributed by atoms with van der Waals surface area (Å²) in [7, 11) is 0. The van der Waals surface area contributed by atoms with Gasteiger partial charge in [-0.1, -0.05) is 41.9 Å². The fourth-order valence-corrected chi connectivity index (χ4v) is 3.49. The number of hydrazone groups is 1. The topological polar surface area (TPSA) is 62.5 Å². The molecule has 6 nitrogen and oxygen atoms in total. The number of halogens is 1. The van der Waals surface area contributed by atoms with Gasteiger partial charge in [0.25, 0.3) is 5.91 Å². The Balaban J connectivity index is 1.65. The SMILES string of the molecule is CCN(CC)c1ccc(C(=O)N/N=C\c2c(C)nn(Cc3ccccc3)c2Cl)cc1. The van der Waals surface area contributed by atoms with E-state index in [2.05, 4.69) is 34.4 Å². The smallest absolute Gasteiger partial charge is 0.271 e. The Hall–Kier alpha value is -3.12. The van der Waals surface area contributed by atoms with E-state index < -0.39 is 0 Å². The predicted octanol–water partition coefficient (Wildman–Crippen LogP) is 4.50. The number of amides is 1. The fourth-order valence-electron chi connectivity index (χ4n) is 3.21. The zero-order valence-electron chi connectivity index (χ0n) is 17.5. The first-order chi connectivity index (χ1) is 14.5. The molecular formula is C23H26ClN5O. The molecule has 0 saturated heterocycles. The van der Waals surface area contributed by atoms with Gasteiger partial charge in [-0.25, -0.2) is 10.1 Å². The van der Waals surface area contributed by atoms with Crippen molar-refractivity contribution >= 4 is 29.4 Å². The molecule has 1 heterocycles. The maximum atomic E-state index is 12.4. The molecule has 156 valence electrons. The van der Waals surface area contributed by atoms with Crippen molar-refractivity contribution in [3.05, 3.63) is 82.1 Å². The van der Waals surface area contributed by atoms with Crippen LogP contribution in [0.3, 0.4) is 0 Å². The molecule has 1 aromatic heterocycles. The lowest BCUT2D eigenvalue weighted by Gasteiger charge is -2.20. The Morgan fingerprint density at radius 2 is 1.80 bits per heavy atom. The van der Waals surface area contributed by atoms with Gasteiger partial charge in [0.1, 0.15) is 5.15 Å². The molecular weight excluding hydrogens is 398 g/mol. The van der Waals surface area contributed by atoms with E-state index in [9.17, 15) is 4.79 Å². The summed E-state index contributed by atoms with van der Waals surface area (Å²) in [6.07, 6.45) is 1.54. The maximum absolute atomic E-state index is 12.4. The van der Waals surface area contributed by atoms with Crippen LogP contribution < -0.4 is 10.3 Å². The molecule has 0 aliphatic heterocycles. The van der Waals surface area contributed by atoms with Gasteiger partial charge in [-0.3, -0.25) is 4.79 Å². The Bertz CT molecular complexity index is 1010. The lowest BCUT2D eigenvalue weighted by molar-refractivity contribution is 0.0955. The quantitative estimate of drug-likeness (QED) is 0.428. The molecule has 0 bridgehead atoms. The highest BCUT2D eigenvalue weighted by Crippen LogP contribution is 2.19. The second-order valence-corrected chi connectivity index (χ2v) is 7.21. The molecule has 0 aliphatic carbocycles. The monoisotopic (exact) mass is 423 g/mol. The summed E-state index contributed by atoms with van der Waals surface area (Å²) < 4.78 is 1.72. The Kier molecular flexibility index (Phi) is 7.25. The van der Waals surface area contributed by atoms with Gasteiger partial charge in [-0.05, 0) is 50.6 Å². The van der Waals surface area contributed by atoms with E-state index in [0.717, 1.165) is 30.0 Å². The van der Waals surface area contributed by atoms with Gasteiger partial charge in [0.2, 0.25) is 0 Å². The van der Waals surface area contributed by atoms with Crippen LogP contribution in [0.4, 0.5) is 5.69 Å². The maximum Gasteiger partial charge on any atom is 0.271 e. The van der Waals surface area contributed by atoms with Gasteiger partial charge >= 0.3 is 0 Å². The third-order valence-electron chi connectivity index (χ3n) is 4.90. The highest BCUT2D eigenvalue weighted by Gasteiger charge is 2.12. The van der Waals surface area contributed by atoms with Crippen LogP contribution in [-0.4, -0.2) is 35.0 Å². The van der Waals surface area contributed by atoms with Crippen LogP contribution in [0.2, 0.25) is 5.15 Å². The summed E-state index contributed by atoms with van der Waals surface area (Å²) in [5.74, 6) is -0.275. The number of carbonyl (C=O) groups excluding carboxylic acids is 1. The summed E-state index contributed by atoms with van der Waals surface area (Å²) in [5.41, 5.74) is 6.73. The summed E-state index contributed by atoms with van der Waals surface area (Å²) >= 11 is 6.48. The minimum absolute atomic E-state index is 0.275. The van der Waals surface area contributed by atoms with Crippen molar-refractivity contribution in [2.75, 3.05) is 18.0 Å². The third-order valence-corrected chi connectivity index (χ3v) is 5.30. The molecule has 0 aliphatic rings. The first-order valence-electron chi connectivity index (χ1n) is 9.98. The molecule has 1 N–H and O–H groups in total. The number of anilines is 1. The van der Waals surface area contributed by atoms with E-state index in [1.807, 2.05) is 49.4 Å². The standard InChI is InChI=1S/C23H26ClN5O/c1-4-28(5-2)20-13-11-19(12-14-20)23(30)26-25-15-21-17(3)27-29(22(21)24)16-18-9-7-6-8-10-18/h6-15H,4-5,16H2,1-3H3,(H,26,30)/b25-15-. The second kappa shape index (κ2) is 10.1. The molecule has 30 heavy (non-hydrogen) atoms. The minimum Gasteiger partial charge on any atom is -0.372 e. The Morgan fingerprint density at radius 3 is 2.43 bits per heavy atom. The average Bonchev–Trinajstić information content (AvgIpc) is 3.03. The number of benzene rings is 2. The largest absolute Gasteiger partial charge is 0.372 e. The normalized spacial score (nSPS) is 11.1. The number of hydrogen-bond acceptors (Lipinski definition) is 4. The van der Waals surface area contributed by atoms with E-state index in [1.54, 1.807) is 16.8 Å². The van der Waals surface area contributed by atoms with Crippen LogP contribution in [0.5, 0.6) is 0 Å². The van der Waals surface area contributed by atoms with Crippen molar-refractivity contribution in [2.24, 2.45) is 5.10 Å². The van der Waals surface area contributed by atoms with E-state index in [0.29, 0.717) is 22.8 Å². The molecule has 0 fully saturated rings. The minimum atomic E-state index is -0.275. The zero-order valence-corrected chi connectivity index (χ0v) is 18.2. The molecule has 0 saturated carbocycles. The molecule has 0 unspecified atom stereocenters. The van der Waals surface area contributed by atoms with Crippen molar-refractivity contribution in [1.82, 2.24) is 15.2 Å². The van der Waals surface area contributed by atoms with Crippen LogP contribution in [0.1, 0.15) is 41.0 Å². The van der Waals surface area contributed by atoms with Gasteiger partial charge < -0.3 is 4.90 Å². The van der Waals surface area contributed by atoms with Gasteiger partial charge in [-0.15, -0.1) is 0 Å². The van der Waals surface area contributed by atoms with Gasteiger partial charge in [0, 0.05) is 24.3 Å². The fraction of sp³-hybridized carbons (Fsp3) is 0.261. The Labute approximate surface area is 182 Å². The van der Waals surface area contributed by atoms with E-state index in [1.165, 1.54) is 6.21 Å². The van der Waals surface area contributed by atoms with Crippen LogP contribution in [0.25, 0.3) is 0 Å². The number of carbonyl (C=O) groups is 1. The number of nitrogens with one attached hydrogen (secondary N) is 1. The lowest BCUT2D eigenvalue weighted by Crippen LogP contribution is -2.22. The summed E-state index contributed by atoms with van der Waals surface area (Å²) in [6, 6.07) is 17.5. The zero-order chi connectivity index (χ0) is 21.5. The van der Waals surface area contributed by atoms with Gasteiger partial charge in [0.05, 0.1) is 24.0 Å². The number of rotatable bonds is 8. The van der Waals surface area contributed by atoms with Gasteiger partial charge in [0.15, 0.2) is 0 Å². The molecule has 0 spiro atoms. The van der Waals surface area contributed by atoms with Crippen molar-refractivity contribution in [1.29, 1.82) is 0 Å². The summed E-state index contributed by atoms with van der Waals surface area (Å²) in [6.45, 7) is 8.48. The van der Waals surface area contributed by atoms with Crippen molar-refractivity contribution in [3.8, 4) is 0 Å². The first kappa shape index (κ1) is 21.6. The molecule has 3 rings (SSSR count).